The first-order valence-corrected chi connectivity index (χ1v) is 7.18. The fourth-order valence-corrected chi connectivity index (χ4v) is 2.78. The Kier molecular flexibility index (Phi) is 4.47. The SMILES string of the molecule is CCN(c1cnn(C(C)C)c(=O)c1Cl)C1CCNC1. The fourth-order valence-electron chi connectivity index (χ4n) is 2.53. The lowest BCUT2D eigenvalue weighted by atomic mass is 10.2. The van der Waals surface area contributed by atoms with E-state index in [2.05, 4.69) is 22.2 Å². The molecule has 19 heavy (non-hydrogen) atoms. The van der Waals surface area contributed by atoms with Gasteiger partial charge in [0, 0.05) is 19.1 Å². The van der Waals surface area contributed by atoms with Crippen LogP contribution >= 0.6 is 11.6 Å². The van der Waals surface area contributed by atoms with Crippen LogP contribution in [0.5, 0.6) is 0 Å². The summed E-state index contributed by atoms with van der Waals surface area (Å²) in [5, 5.41) is 7.84. The molecule has 1 unspecified atom stereocenters. The molecule has 2 rings (SSSR count). The Hall–Kier alpha value is -1.07. The maximum Gasteiger partial charge on any atom is 0.287 e. The van der Waals surface area contributed by atoms with E-state index in [1.807, 2.05) is 13.8 Å². The number of rotatable bonds is 4. The average molecular weight is 285 g/mol. The van der Waals surface area contributed by atoms with Crippen LogP contribution in [0.25, 0.3) is 0 Å². The van der Waals surface area contributed by atoms with Crippen molar-refractivity contribution in [1.82, 2.24) is 15.1 Å². The predicted molar refractivity (Wildman–Crippen MR) is 78.2 cm³/mol. The van der Waals surface area contributed by atoms with Gasteiger partial charge in [-0.25, -0.2) is 4.68 Å². The van der Waals surface area contributed by atoms with Crippen molar-refractivity contribution < 1.29 is 0 Å². The number of anilines is 1. The molecule has 1 aliphatic rings. The highest BCUT2D eigenvalue weighted by atomic mass is 35.5. The van der Waals surface area contributed by atoms with Gasteiger partial charge >= 0.3 is 0 Å². The van der Waals surface area contributed by atoms with Crippen molar-refractivity contribution in [2.45, 2.75) is 39.3 Å². The molecule has 0 bridgehead atoms. The van der Waals surface area contributed by atoms with E-state index < -0.39 is 0 Å². The van der Waals surface area contributed by atoms with Gasteiger partial charge in [-0.3, -0.25) is 4.79 Å². The maximum atomic E-state index is 12.2. The summed E-state index contributed by atoms with van der Waals surface area (Å²) < 4.78 is 1.42. The van der Waals surface area contributed by atoms with E-state index in [4.69, 9.17) is 11.6 Å². The molecule has 0 amide bonds. The molecular formula is C13H21ClN4O. The number of nitrogens with zero attached hydrogens (tertiary/aromatic N) is 3. The molecule has 1 atom stereocenters. The zero-order valence-electron chi connectivity index (χ0n) is 11.7. The smallest absolute Gasteiger partial charge is 0.287 e. The third-order valence-electron chi connectivity index (χ3n) is 3.54. The third kappa shape index (κ3) is 2.77. The van der Waals surface area contributed by atoms with Gasteiger partial charge in [-0.2, -0.15) is 5.10 Å². The van der Waals surface area contributed by atoms with Crippen LogP contribution < -0.4 is 15.8 Å². The van der Waals surface area contributed by atoms with E-state index in [1.165, 1.54) is 4.68 Å². The van der Waals surface area contributed by atoms with Crippen LogP contribution in [-0.4, -0.2) is 35.5 Å². The molecule has 1 N–H and O–H groups in total. The van der Waals surface area contributed by atoms with Crippen molar-refractivity contribution in [2.24, 2.45) is 0 Å². The molecule has 5 nitrogen and oxygen atoms in total. The van der Waals surface area contributed by atoms with Crippen LogP contribution in [0, 0.1) is 0 Å². The summed E-state index contributed by atoms with van der Waals surface area (Å²) in [5.41, 5.74) is 0.540. The molecular weight excluding hydrogens is 264 g/mol. The number of aromatic nitrogens is 2. The van der Waals surface area contributed by atoms with Gasteiger partial charge in [0.05, 0.1) is 17.9 Å². The van der Waals surface area contributed by atoms with E-state index >= 15 is 0 Å². The number of hydrogen-bond donors (Lipinski definition) is 1. The summed E-state index contributed by atoms with van der Waals surface area (Å²) in [6.45, 7) is 8.67. The van der Waals surface area contributed by atoms with Gasteiger partial charge in [-0.1, -0.05) is 11.6 Å². The van der Waals surface area contributed by atoms with Gasteiger partial charge in [-0.15, -0.1) is 0 Å². The van der Waals surface area contributed by atoms with Crippen LogP contribution in [0.15, 0.2) is 11.0 Å². The first kappa shape index (κ1) is 14.3. The second kappa shape index (κ2) is 5.92. The minimum absolute atomic E-state index is 0.0160. The van der Waals surface area contributed by atoms with Gasteiger partial charge in [0.15, 0.2) is 0 Å². The van der Waals surface area contributed by atoms with Gasteiger partial charge in [0.1, 0.15) is 5.02 Å². The zero-order valence-corrected chi connectivity index (χ0v) is 12.4. The minimum Gasteiger partial charge on any atom is -0.365 e. The Morgan fingerprint density at radius 3 is 2.89 bits per heavy atom. The van der Waals surface area contributed by atoms with Gasteiger partial charge < -0.3 is 10.2 Å². The van der Waals surface area contributed by atoms with E-state index in [9.17, 15) is 4.79 Å². The summed E-state index contributed by atoms with van der Waals surface area (Å²) in [5.74, 6) is 0. The van der Waals surface area contributed by atoms with Crippen molar-refractivity contribution in [3.63, 3.8) is 0 Å². The van der Waals surface area contributed by atoms with Crippen molar-refractivity contribution in [1.29, 1.82) is 0 Å². The monoisotopic (exact) mass is 284 g/mol. The highest BCUT2D eigenvalue weighted by Gasteiger charge is 2.24. The van der Waals surface area contributed by atoms with E-state index in [0.29, 0.717) is 6.04 Å². The highest BCUT2D eigenvalue weighted by Crippen LogP contribution is 2.25. The molecule has 1 aromatic rings. The summed E-state index contributed by atoms with van der Waals surface area (Å²) in [6, 6.07) is 0.404. The molecule has 0 radical (unpaired) electrons. The number of hydrogen-bond acceptors (Lipinski definition) is 4. The van der Waals surface area contributed by atoms with Crippen LogP contribution in [0.3, 0.4) is 0 Å². The van der Waals surface area contributed by atoms with E-state index in [1.54, 1.807) is 6.20 Å². The Bertz CT molecular complexity index is 494. The molecule has 106 valence electrons. The molecule has 0 aromatic carbocycles. The van der Waals surface area contributed by atoms with Gasteiger partial charge in [0.25, 0.3) is 5.56 Å². The Morgan fingerprint density at radius 2 is 2.37 bits per heavy atom. The largest absolute Gasteiger partial charge is 0.365 e. The van der Waals surface area contributed by atoms with Crippen LogP contribution in [0.1, 0.15) is 33.2 Å². The molecule has 1 aromatic heterocycles. The average Bonchev–Trinajstić information content (AvgIpc) is 2.89. The minimum atomic E-state index is -0.210. The maximum absolute atomic E-state index is 12.2. The third-order valence-corrected chi connectivity index (χ3v) is 3.89. The lowest BCUT2D eigenvalue weighted by Gasteiger charge is -2.29. The van der Waals surface area contributed by atoms with Crippen LogP contribution in [-0.2, 0) is 0 Å². The standard InChI is InChI=1S/C13H21ClN4O/c1-4-17(10-5-6-15-7-10)11-8-16-18(9(2)3)13(19)12(11)14/h8-10,15H,4-7H2,1-3H3. The second-order valence-electron chi connectivity index (χ2n) is 5.12. The normalized spacial score (nSPS) is 19.1. The Labute approximate surface area is 118 Å². The zero-order chi connectivity index (χ0) is 14.0. The summed E-state index contributed by atoms with van der Waals surface area (Å²) in [4.78, 5) is 14.4. The summed E-state index contributed by atoms with van der Waals surface area (Å²) >= 11 is 6.26. The lowest BCUT2D eigenvalue weighted by Crippen LogP contribution is -2.38. The first-order valence-electron chi connectivity index (χ1n) is 6.81. The van der Waals surface area contributed by atoms with Crippen molar-refractivity contribution in [3.05, 3.63) is 21.6 Å². The lowest BCUT2D eigenvalue weighted by molar-refractivity contribution is 0.501. The highest BCUT2D eigenvalue weighted by molar-refractivity contribution is 6.33. The van der Waals surface area contributed by atoms with Crippen molar-refractivity contribution in [3.8, 4) is 0 Å². The molecule has 0 spiro atoms. The summed E-state index contributed by atoms with van der Waals surface area (Å²) in [7, 11) is 0. The topological polar surface area (TPSA) is 50.2 Å². The quantitative estimate of drug-likeness (QED) is 0.914. The van der Waals surface area contributed by atoms with Crippen LogP contribution in [0.4, 0.5) is 5.69 Å². The van der Waals surface area contributed by atoms with Gasteiger partial charge in [0.2, 0.25) is 0 Å². The van der Waals surface area contributed by atoms with Crippen molar-refractivity contribution in [2.75, 3.05) is 24.5 Å². The Morgan fingerprint density at radius 1 is 1.63 bits per heavy atom. The fraction of sp³-hybridized carbons (Fsp3) is 0.692. The van der Waals surface area contributed by atoms with Gasteiger partial charge in [-0.05, 0) is 33.7 Å². The molecule has 6 heteroatoms. The predicted octanol–water partition coefficient (Wildman–Crippen LogP) is 1.67. The van der Waals surface area contributed by atoms with Crippen molar-refractivity contribution >= 4 is 17.3 Å². The number of halogens is 1. The number of nitrogens with one attached hydrogen (secondary N) is 1. The van der Waals surface area contributed by atoms with E-state index in [-0.39, 0.29) is 16.6 Å². The summed E-state index contributed by atoms with van der Waals surface area (Å²) in [6.07, 6.45) is 2.78. The molecule has 1 aliphatic heterocycles. The molecule has 0 saturated carbocycles. The molecule has 2 heterocycles. The van der Waals surface area contributed by atoms with Crippen LogP contribution in [0.2, 0.25) is 5.02 Å². The first-order chi connectivity index (χ1) is 9.06. The molecule has 1 fully saturated rings. The molecule has 0 aliphatic carbocycles. The Balaban J connectivity index is 2.38. The molecule has 1 saturated heterocycles. The second-order valence-corrected chi connectivity index (χ2v) is 5.50. The number of likely N-dealkylation sites (N-methyl/N-ethyl adjacent to an activating group) is 1. The van der Waals surface area contributed by atoms with E-state index in [0.717, 1.165) is 31.7 Å².